The minimum atomic E-state index is 0.574. The second-order valence-corrected chi connectivity index (χ2v) is 5.60. The van der Waals surface area contributed by atoms with Crippen LogP contribution in [0, 0.1) is 5.41 Å². The summed E-state index contributed by atoms with van der Waals surface area (Å²) in [5.74, 6) is 2.29. The molecule has 0 aliphatic heterocycles. The Balaban J connectivity index is 2.27. The molecule has 1 atom stereocenters. The largest absolute Gasteiger partial charge is 0.302 e. The number of thiol groups is 1. The summed E-state index contributed by atoms with van der Waals surface area (Å²) in [6.07, 6.45) is 4.94. The van der Waals surface area contributed by atoms with Crippen LogP contribution >= 0.6 is 24.4 Å². The van der Waals surface area contributed by atoms with Gasteiger partial charge in [0.05, 0.1) is 0 Å². The Labute approximate surface area is 92.1 Å². The molecule has 0 radical (unpaired) electrons. The zero-order valence-corrected chi connectivity index (χ0v) is 10.6. The van der Waals surface area contributed by atoms with E-state index in [1.165, 1.54) is 25.1 Å². The van der Waals surface area contributed by atoms with Crippen molar-refractivity contribution in [1.29, 1.82) is 0 Å². The molecule has 1 unspecified atom stereocenters. The summed E-state index contributed by atoms with van der Waals surface area (Å²) >= 11 is 6.36. The van der Waals surface area contributed by atoms with Crippen LogP contribution in [0.4, 0.5) is 0 Å². The lowest BCUT2D eigenvalue weighted by molar-refractivity contribution is 0.233. The maximum atomic E-state index is 4.43. The maximum Gasteiger partial charge on any atom is 0.0155 e. The molecule has 1 saturated carbocycles. The van der Waals surface area contributed by atoms with Gasteiger partial charge < -0.3 is 4.90 Å². The summed E-state index contributed by atoms with van der Waals surface area (Å²) in [5.41, 5.74) is 0.574. The summed E-state index contributed by atoms with van der Waals surface area (Å²) < 4.78 is 0. The van der Waals surface area contributed by atoms with Gasteiger partial charge in [-0.2, -0.15) is 24.4 Å². The van der Waals surface area contributed by atoms with E-state index in [4.69, 9.17) is 0 Å². The van der Waals surface area contributed by atoms with Crippen molar-refractivity contribution in [2.24, 2.45) is 5.41 Å². The Morgan fingerprint density at radius 3 is 2.54 bits per heavy atom. The highest BCUT2D eigenvalue weighted by molar-refractivity contribution is 7.98. The summed E-state index contributed by atoms with van der Waals surface area (Å²) in [4.78, 5) is 2.49. The standard InChI is InChI=1S/C10H21NS2/c1-9(6-13-3)11(2)7-10(8-12)4-5-10/h9,12H,4-8H2,1-3H3. The van der Waals surface area contributed by atoms with E-state index >= 15 is 0 Å². The highest BCUT2D eigenvalue weighted by Crippen LogP contribution is 2.47. The lowest BCUT2D eigenvalue weighted by Crippen LogP contribution is -2.36. The van der Waals surface area contributed by atoms with Crippen molar-refractivity contribution in [3.63, 3.8) is 0 Å². The fraction of sp³-hybridized carbons (Fsp3) is 1.00. The molecule has 0 aromatic heterocycles. The molecule has 0 amide bonds. The first kappa shape index (κ1) is 11.7. The van der Waals surface area contributed by atoms with E-state index in [1.54, 1.807) is 0 Å². The molecular formula is C10H21NS2. The van der Waals surface area contributed by atoms with Crippen LogP contribution in [0.1, 0.15) is 19.8 Å². The summed E-state index contributed by atoms with van der Waals surface area (Å²) in [5, 5.41) is 0. The first-order chi connectivity index (χ1) is 6.13. The van der Waals surface area contributed by atoms with Crippen LogP contribution in [0.25, 0.3) is 0 Å². The average Bonchev–Trinajstić information content (AvgIpc) is 2.86. The van der Waals surface area contributed by atoms with Crippen LogP contribution in [0.15, 0.2) is 0 Å². The Morgan fingerprint density at radius 2 is 2.15 bits per heavy atom. The maximum absolute atomic E-state index is 4.43. The average molecular weight is 219 g/mol. The molecule has 0 heterocycles. The second kappa shape index (κ2) is 4.94. The molecule has 3 heteroatoms. The molecule has 78 valence electrons. The van der Waals surface area contributed by atoms with E-state index in [1.807, 2.05) is 11.8 Å². The van der Waals surface area contributed by atoms with Crippen molar-refractivity contribution in [3.8, 4) is 0 Å². The van der Waals surface area contributed by atoms with Crippen molar-refractivity contribution in [2.75, 3.05) is 31.4 Å². The van der Waals surface area contributed by atoms with Gasteiger partial charge in [0.25, 0.3) is 0 Å². The van der Waals surface area contributed by atoms with Crippen molar-refractivity contribution >= 4 is 24.4 Å². The zero-order chi connectivity index (χ0) is 9.90. The highest BCUT2D eigenvalue weighted by Gasteiger charge is 2.42. The molecule has 0 bridgehead atoms. The highest BCUT2D eigenvalue weighted by atomic mass is 32.2. The van der Waals surface area contributed by atoms with Gasteiger partial charge in [0.15, 0.2) is 0 Å². The predicted octanol–water partition coefficient (Wildman–Crippen LogP) is 2.38. The Hall–Kier alpha value is 0.660. The van der Waals surface area contributed by atoms with E-state index in [9.17, 15) is 0 Å². The molecule has 0 aromatic carbocycles. The van der Waals surface area contributed by atoms with Crippen molar-refractivity contribution < 1.29 is 0 Å². The molecule has 1 nitrogen and oxygen atoms in total. The fourth-order valence-electron chi connectivity index (χ4n) is 1.60. The van der Waals surface area contributed by atoms with Gasteiger partial charge in [0.2, 0.25) is 0 Å². The first-order valence-corrected chi connectivity index (χ1v) is 6.96. The van der Waals surface area contributed by atoms with Crippen LogP contribution in [0.3, 0.4) is 0 Å². The topological polar surface area (TPSA) is 3.24 Å². The molecule has 0 saturated heterocycles. The van der Waals surface area contributed by atoms with Gasteiger partial charge in [-0.25, -0.2) is 0 Å². The quantitative estimate of drug-likeness (QED) is 0.683. The zero-order valence-electron chi connectivity index (χ0n) is 8.92. The van der Waals surface area contributed by atoms with E-state index < -0.39 is 0 Å². The van der Waals surface area contributed by atoms with E-state index in [-0.39, 0.29) is 0 Å². The normalized spacial score (nSPS) is 21.9. The van der Waals surface area contributed by atoms with Crippen LogP contribution in [-0.4, -0.2) is 42.3 Å². The Bertz CT molecular complexity index is 157. The third-order valence-corrected chi connectivity index (χ3v) is 4.52. The van der Waals surface area contributed by atoms with Crippen LogP contribution in [0.5, 0.6) is 0 Å². The van der Waals surface area contributed by atoms with Gasteiger partial charge in [0.1, 0.15) is 0 Å². The molecule has 1 rings (SSSR count). The monoisotopic (exact) mass is 219 g/mol. The van der Waals surface area contributed by atoms with E-state index in [2.05, 4.69) is 37.8 Å². The number of rotatable bonds is 6. The third kappa shape index (κ3) is 3.37. The van der Waals surface area contributed by atoms with Gasteiger partial charge in [0, 0.05) is 18.3 Å². The van der Waals surface area contributed by atoms with Gasteiger partial charge in [-0.05, 0) is 44.2 Å². The number of nitrogens with zero attached hydrogens (tertiary/aromatic N) is 1. The first-order valence-electron chi connectivity index (χ1n) is 4.93. The lowest BCUT2D eigenvalue weighted by Gasteiger charge is -2.28. The third-order valence-electron chi connectivity index (χ3n) is 3.04. The molecule has 1 aliphatic carbocycles. The minimum absolute atomic E-state index is 0.574. The number of hydrogen-bond donors (Lipinski definition) is 1. The van der Waals surface area contributed by atoms with Gasteiger partial charge in [-0.15, -0.1) is 0 Å². The summed E-state index contributed by atoms with van der Waals surface area (Å²) in [6.45, 7) is 3.54. The van der Waals surface area contributed by atoms with Crippen LogP contribution in [0.2, 0.25) is 0 Å². The molecule has 1 aliphatic rings. The summed E-state index contributed by atoms with van der Waals surface area (Å²) in [7, 11) is 2.24. The molecular weight excluding hydrogens is 198 g/mol. The number of thioether (sulfide) groups is 1. The smallest absolute Gasteiger partial charge is 0.0155 e. The molecule has 1 fully saturated rings. The van der Waals surface area contributed by atoms with E-state index in [0.717, 1.165) is 5.75 Å². The molecule has 0 N–H and O–H groups in total. The van der Waals surface area contributed by atoms with Gasteiger partial charge >= 0.3 is 0 Å². The van der Waals surface area contributed by atoms with Crippen LogP contribution in [-0.2, 0) is 0 Å². The van der Waals surface area contributed by atoms with E-state index in [0.29, 0.717) is 11.5 Å². The number of hydrogen-bond acceptors (Lipinski definition) is 3. The summed E-state index contributed by atoms with van der Waals surface area (Å²) in [6, 6.07) is 0.701. The molecule has 0 aromatic rings. The van der Waals surface area contributed by atoms with Crippen LogP contribution < -0.4 is 0 Å². The Morgan fingerprint density at radius 1 is 1.54 bits per heavy atom. The van der Waals surface area contributed by atoms with Crippen molar-refractivity contribution in [3.05, 3.63) is 0 Å². The predicted molar refractivity (Wildman–Crippen MR) is 66.0 cm³/mol. The SMILES string of the molecule is CSCC(C)N(C)CC1(CS)CC1. The minimum Gasteiger partial charge on any atom is -0.302 e. The van der Waals surface area contributed by atoms with Crippen molar-refractivity contribution in [2.45, 2.75) is 25.8 Å². The van der Waals surface area contributed by atoms with Gasteiger partial charge in [-0.1, -0.05) is 0 Å². The Kier molecular flexibility index (Phi) is 4.46. The van der Waals surface area contributed by atoms with Crippen molar-refractivity contribution in [1.82, 2.24) is 4.90 Å². The lowest BCUT2D eigenvalue weighted by atomic mass is 10.1. The molecule has 0 spiro atoms. The van der Waals surface area contributed by atoms with Gasteiger partial charge in [-0.3, -0.25) is 0 Å². The fourth-order valence-corrected chi connectivity index (χ4v) is 2.75. The second-order valence-electron chi connectivity index (χ2n) is 4.38. The molecule has 13 heavy (non-hydrogen) atoms.